The maximum Gasteiger partial charge on any atom is 0.321 e. The highest BCUT2D eigenvalue weighted by Crippen LogP contribution is 2.18. The number of hydrogen-bond acceptors (Lipinski definition) is 3. The van der Waals surface area contributed by atoms with Crippen molar-refractivity contribution in [2.24, 2.45) is 0 Å². The van der Waals surface area contributed by atoms with Gasteiger partial charge in [0.05, 0.1) is 0 Å². The summed E-state index contributed by atoms with van der Waals surface area (Å²) >= 11 is 2.20. The molecular weight excluding hydrogens is 357 g/mol. The summed E-state index contributed by atoms with van der Waals surface area (Å²) in [5.41, 5.74) is 0.858. The van der Waals surface area contributed by atoms with E-state index in [0.29, 0.717) is 0 Å². The summed E-state index contributed by atoms with van der Waals surface area (Å²) in [6.45, 7) is 1.72. The Morgan fingerprint density at radius 1 is 1.37 bits per heavy atom. The van der Waals surface area contributed by atoms with Crippen LogP contribution in [-0.2, 0) is 4.79 Å². The van der Waals surface area contributed by atoms with E-state index in [-0.39, 0.29) is 11.9 Å². The third kappa shape index (κ3) is 4.70. The van der Waals surface area contributed by atoms with Crippen LogP contribution in [0.4, 0.5) is 10.5 Å². The maximum atomic E-state index is 11.8. The molecule has 1 atom stereocenters. The topological polar surface area (TPSA) is 70.2 Å². The Labute approximate surface area is 125 Å². The normalized spacial score (nSPS) is 15.5. The lowest BCUT2D eigenvalue weighted by molar-refractivity contribution is -0.120. The van der Waals surface area contributed by atoms with Crippen LogP contribution in [0.1, 0.15) is 19.8 Å². The molecule has 19 heavy (non-hydrogen) atoms. The molecule has 1 unspecified atom stereocenters. The predicted octanol–water partition coefficient (Wildman–Crippen LogP) is 2.08. The first-order valence-electron chi connectivity index (χ1n) is 6.18. The molecular formula is C13H16IN3O2. The van der Waals surface area contributed by atoms with Crippen molar-refractivity contribution in [1.29, 1.82) is 0 Å². The zero-order valence-electron chi connectivity index (χ0n) is 10.6. The van der Waals surface area contributed by atoms with Gasteiger partial charge in [-0.05, 0) is 60.6 Å². The number of imide groups is 1. The summed E-state index contributed by atoms with van der Waals surface area (Å²) in [7, 11) is 0. The first-order valence-corrected chi connectivity index (χ1v) is 7.26. The van der Waals surface area contributed by atoms with E-state index in [4.69, 9.17) is 0 Å². The SMILES string of the molecule is CC(Nc1cccc(I)c1)C(=O)NC(=O)NC1CC1. The van der Waals surface area contributed by atoms with E-state index in [1.807, 2.05) is 24.3 Å². The molecule has 0 aromatic heterocycles. The number of nitrogens with one attached hydrogen (secondary N) is 3. The van der Waals surface area contributed by atoms with Crippen LogP contribution in [0.25, 0.3) is 0 Å². The summed E-state index contributed by atoms with van der Waals surface area (Å²) in [6, 6.07) is 7.07. The van der Waals surface area contributed by atoms with Gasteiger partial charge in [-0.15, -0.1) is 0 Å². The van der Waals surface area contributed by atoms with Gasteiger partial charge >= 0.3 is 6.03 Å². The minimum atomic E-state index is -0.469. The van der Waals surface area contributed by atoms with Crippen molar-refractivity contribution in [2.75, 3.05) is 5.32 Å². The number of carbonyl (C=O) groups excluding carboxylic acids is 2. The smallest absolute Gasteiger partial charge is 0.321 e. The van der Waals surface area contributed by atoms with Crippen molar-refractivity contribution in [3.8, 4) is 0 Å². The van der Waals surface area contributed by atoms with E-state index in [0.717, 1.165) is 22.1 Å². The second-order valence-corrected chi connectivity index (χ2v) is 5.86. The number of benzene rings is 1. The Hall–Kier alpha value is -1.31. The Balaban J connectivity index is 1.82. The van der Waals surface area contributed by atoms with Crippen molar-refractivity contribution in [2.45, 2.75) is 31.8 Å². The Kier molecular flexibility index (Phi) is 4.62. The van der Waals surface area contributed by atoms with Crippen LogP contribution in [0, 0.1) is 3.57 Å². The number of hydrogen-bond donors (Lipinski definition) is 3. The van der Waals surface area contributed by atoms with Crippen LogP contribution in [0.3, 0.4) is 0 Å². The van der Waals surface area contributed by atoms with Gasteiger partial charge in [0.15, 0.2) is 0 Å². The molecule has 5 nitrogen and oxygen atoms in total. The van der Waals surface area contributed by atoms with Crippen LogP contribution < -0.4 is 16.0 Å². The lowest BCUT2D eigenvalue weighted by Gasteiger charge is -2.15. The third-order valence-electron chi connectivity index (χ3n) is 2.75. The highest BCUT2D eigenvalue weighted by atomic mass is 127. The first kappa shape index (κ1) is 14.1. The van der Waals surface area contributed by atoms with Crippen LogP contribution in [0.5, 0.6) is 0 Å². The number of urea groups is 1. The molecule has 2 rings (SSSR count). The second kappa shape index (κ2) is 6.23. The molecule has 1 aliphatic carbocycles. The lowest BCUT2D eigenvalue weighted by Crippen LogP contribution is -2.46. The number of halogens is 1. The van der Waals surface area contributed by atoms with Gasteiger partial charge in [0.1, 0.15) is 6.04 Å². The van der Waals surface area contributed by atoms with Crippen LogP contribution >= 0.6 is 22.6 Å². The largest absolute Gasteiger partial charge is 0.374 e. The molecule has 0 radical (unpaired) electrons. The van der Waals surface area contributed by atoms with E-state index in [1.54, 1.807) is 6.92 Å². The van der Waals surface area contributed by atoms with E-state index < -0.39 is 12.1 Å². The van der Waals surface area contributed by atoms with Gasteiger partial charge in [0.2, 0.25) is 5.91 Å². The van der Waals surface area contributed by atoms with Crippen LogP contribution in [-0.4, -0.2) is 24.0 Å². The summed E-state index contributed by atoms with van der Waals surface area (Å²) in [6.07, 6.45) is 2.00. The van der Waals surface area contributed by atoms with Gasteiger partial charge in [-0.25, -0.2) is 4.79 Å². The van der Waals surface area contributed by atoms with Crippen molar-refractivity contribution < 1.29 is 9.59 Å². The first-order chi connectivity index (χ1) is 9.04. The molecule has 6 heteroatoms. The van der Waals surface area contributed by atoms with Gasteiger partial charge in [0.25, 0.3) is 0 Å². The average molecular weight is 373 g/mol. The quantitative estimate of drug-likeness (QED) is 0.708. The van der Waals surface area contributed by atoms with Gasteiger partial charge in [-0.2, -0.15) is 0 Å². The van der Waals surface area contributed by atoms with Gasteiger partial charge < -0.3 is 10.6 Å². The van der Waals surface area contributed by atoms with Gasteiger partial charge in [-0.1, -0.05) is 6.07 Å². The van der Waals surface area contributed by atoms with E-state index in [1.165, 1.54) is 0 Å². The van der Waals surface area contributed by atoms with Crippen molar-refractivity contribution >= 4 is 40.2 Å². The highest BCUT2D eigenvalue weighted by Gasteiger charge is 2.24. The van der Waals surface area contributed by atoms with Crippen molar-refractivity contribution in [3.05, 3.63) is 27.8 Å². The molecule has 1 saturated carbocycles. The lowest BCUT2D eigenvalue weighted by atomic mass is 10.2. The fourth-order valence-electron chi connectivity index (χ4n) is 1.56. The molecule has 1 aromatic rings. The van der Waals surface area contributed by atoms with Gasteiger partial charge in [-0.3, -0.25) is 10.1 Å². The Morgan fingerprint density at radius 3 is 2.74 bits per heavy atom. The highest BCUT2D eigenvalue weighted by molar-refractivity contribution is 14.1. The molecule has 1 aromatic carbocycles. The van der Waals surface area contributed by atoms with E-state index >= 15 is 0 Å². The number of anilines is 1. The number of amides is 3. The summed E-state index contributed by atoms with van der Waals surface area (Å²) < 4.78 is 1.08. The fourth-order valence-corrected chi connectivity index (χ4v) is 2.11. The fraction of sp³-hybridized carbons (Fsp3) is 0.385. The van der Waals surface area contributed by atoms with Crippen LogP contribution in [0.15, 0.2) is 24.3 Å². The zero-order chi connectivity index (χ0) is 13.8. The Bertz CT molecular complexity index is 489. The molecule has 3 N–H and O–H groups in total. The molecule has 102 valence electrons. The molecule has 0 saturated heterocycles. The zero-order valence-corrected chi connectivity index (χ0v) is 12.7. The number of rotatable bonds is 4. The van der Waals surface area contributed by atoms with Crippen molar-refractivity contribution in [1.82, 2.24) is 10.6 Å². The second-order valence-electron chi connectivity index (χ2n) is 4.61. The minimum Gasteiger partial charge on any atom is -0.374 e. The molecule has 3 amide bonds. The summed E-state index contributed by atoms with van der Waals surface area (Å²) in [5.74, 6) is -0.336. The molecule has 0 heterocycles. The minimum absolute atomic E-state index is 0.242. The number of carbonyl (C=O) groups is 2. The van der Waals surface area contributed by atoms with E-state index in [9.17, 15) is 9.59 Å². The predicted molar refractivity (Wildman–Crippen MR) is 81.9 cm³/mol. The summed E-state index contributed by atoms with van der Waals surface area (Å²) in [5, 5.41) is 8.11. The van der Waals surface area contributed by atoms with E-state index in [2.05, 4.69) is 38.5 Å². The van der Waals surface area contributed by atoms with Crippen molar-refractivity contribution in [3.63, 3.8) is 0 Å². The third-order valence-corrected chi connectivity index (χ3v) is 3.42. The molecule has 1 fully saturated rings. The van der Waals surface area contributed by atoms with Gasteiger partial charge in [0, 0.05) is 15.3 Å². The molecule has 0 aliphatic heterocycles. The maximum absolute atomic E-state index is 11.8. The average Bonchev–Trinajstić information content (AvgIpc) is 3.12. The molecule has 1 aliphatic rings. The summed E-state index contributed by atoms with van der Waals surface area (Å²) in [4.78, 5) is 23.3. The molecule has 0 bridgehead atoms. The standard InChI is InChI=1S/C13H16IN3O2/c1-8(15-11-4-2-3-9(14)7-11)12(18)17-13(19)16-10-5-6-10/h2-4,7-8,10,15H,5-6H2,1H3,(H2,16,17,18,19). The molecule has 0 spiro atoms. The Morgan fingerprint density at radius 2 is 2.11 bits per heavy atom. The monoisotopic (exact) mass is 373 g/mol. The van der Waals surface area contributed by atoms with Crippen LogP contribution in [0.2, 0.25) is 0 Å².